The SMILES string of the molecule is Cc1ccc([C@H]2C[C@@H](C(F)(F)F)n3nc(C(=O)N(C)C4CCCCC4)cc3N2)cc1. The van der Waals surface area contributed by atoms with Gasteiger partial charge in [0.1, 0.15) is 5.82 Å². The number of fused-ring (bicyclic) bond motifs is 1. The maximum Gasteiger partial charge on any atom is 0.410 e. The van der Waals surface area contributed by atoms with E-state index in [1.54, 1.807) is 11.9 Å². The van der Waals surface area contributed by atoms with Gasteiger partial charge < -0.3 is 10.2 Å². The van der Waals surface area contributed by atoms with Crippen LogP contribution in [0.4, 0.5) is 19.0 Å². The van der Waals surface area contributed by atoms with E-state index in [0.29, 0.717) is 0 Å². The third kappa shape index (κ3) is 4.04. The topological polar surface area (TPSA) is 50.2 Å². The molecule has 4 rings (SSSR count). The maximum absolute atomic E-state index is 13.8. The molecule has 0 bridgehead atoms. The van der Waals surface area contributed by atoms with Crippen molar-refractivity contribution in [2.45, 2.75) is 69.8 Å². The monoisotopic (exact) mass is 420 g/mol. The van der Waals surface area contributed by atoms with E-state index < -0.39 is 18.3 Å². The molecule has 2 atom stereocenters. The first-order chi connectivity index (χ1) is 14.2. The Morgan fingerprint density at radius 3 is 2.47 bits per heavy atom. The predicted octanol–water partition coefficient (Wildman–Crippen LogP) is 5.26. The number of carbonyl (C=O) groups excluding carboxylic acids is 1. The summed E-state index contributed by atoms with van der Waals surface area (Å²) in [6, 6.07) is 6.77. The molecule has 1 aromatic carbocycles. The fraction of sp³-hybridized carbons (Fsp3) is 0.545. The highest BCUT2D eigenvalue weighted by Crippen LogP contribution is 2.43. The number of amides is 1. The highest BCUT2D eigenvalue weighted by Gasteiger charge is 2.47. The van der Waals surface area contributed by atoms with Gasteiger partial charge in [-0.2, -0.15) is 18.3 Å². The first-order valence-corrected chi connectivity index (χ1v) is 10.5. The largest absolute Gasteiger partial charge is 0.410 e. The Balaban J connectivity index is 1.62. The molecule has 162 valence electrons. The molecular formula is C22H27F3N4O. The molecule has 0 saturated heterocycles. The molecule has 1 amide bonds. The molecule has 0 radical (unpaired) electrons. The second kappa shape index (κ2) is 7.96. The molecule has 0 spiro atoms. The lowest BCUT2D eigenvalue weighted by Crippen LogP contribution is -2.38. The van der Waals surface area contributed by atoms with Crippen molar-refractivity contribution < 1.29 is 18.0 Å². The van der Waals surface area contributed by atoms with Crippen molar-refractivity contribution in [3.63, 3.8) is 0 Å². The Bertz CT molecular complexity index is 900. The van der Waals surface area contributed by atoms with Gasteiger partial charge in [0.05, 0.1) is 6.04 Å². The minimum Gasteiger partial charge on any atom is -0.363 e. The number of nitrogens with one attached hydrogen (secondary N) is 1. The van der Waals surface area contributed by atoms with Crippen LogP contribution in [0.5, 0.6) is 0 Å². The molecule has 1 aliphatic carbocycles. The second-order valence-electron chi connectivity index (χ2n) is 8.47. The Labute approximate surface area is 174 Å². The summed E-state index contributed by atoms with van der Waals surface area (Å²) < 4.78 is 42.5. The van der Waals surface area contributed by atoms with Gasteiger partial charge in [-0.1, -0.05) is 49.1 Å². The van der Waals surface area contributed by atoms with Gasteiger partial charge in [0.25, 0.3) is 5.91 Å². The summed E-state index contributed by atoms with van der Waals surface area (Å²) in [5.41, 5.74) is 1.89. The molecule has 30 heavy (non-hydrogen) atoms. The zero-order chi connectivity index (χ0) is 21.5. The van der Waals surface area contributed by atoms with E-state index in [4.69, 9.17) is 0 Å². The van der Waals surface area contributed by atoms with Gasteiger partial charge >= 0.3 is 6.18 Å². The van der Waals surface area contributed by atoms with Crippen molar-refractivity contribution >= 4 is 11.7 Å². The summed E-state index contributed by atoms with van der Waals surface area (Å²) in [4.78, 5) is 14.6. The van der Waals surface area contributed by atoms with Crippen LogP contribution in [0.3, 0.4) is 0 Å². The molecule has 0 unspecified atom stereocenters. The molecule has 5 nitrogen and oxygen atoms in total. The van der Waals surface area contributed by atoms with Crippen LogP contribution in [0.25, 0.3) is 0 Å². The number of carbonyl (C=O) groups is 1. The van der Waals surface area contributed by atoms with E-state index in [-0.39, 0.29) is 29.9 Å². The molecular weight excluding hydrogens is 393 g/mol. The maximum atomic E-state index is 13.8. The van der Waals surface area contributed by atoms with E-state index >= 15 is 0 Å². The minimum absolute atomic E-state index is 0.0596. The van der Waals surface area contributed by atoms with E-state index in [0.717, 1.165) is 47.9 Å². The van der Waals surface area contributed by atoms with Crippen LogP contribution in [0.2, 0.25) is 0 Å². The highest BCUT2D eigenvalue weighted by atomic mass is 19.4. The van der Waals surface area contributed by atoms with Crippen LogP contribution in [0.15, 0.2) is 30.3 Å². The number of hydrogen-bond acceptors (Lipinski definition) is 3. The smallest absolute Gasteiger partial charge is 0.363 e. The molecule has 1 saturated carbocycles. The lowest BCUT2D eigenvalue weighted by atomic mass is 9.94. The number of rotatable bonds is 3. The summed E-state index contributed by atoms with van der Waals surface area (Å²) >= 11 is 0. The second-order valence-corrected chi connectivity index (χ2v) is 8.47. The summed E-state index contributed by atoms with van der Waals surface area (Å²) in [5, 5.41) is 7.26. The number of alkyl halides is 3. The van der Waals surface area contributed by atoms with Crippen LogP contribution in [-0.2, 0) is 0 Å². The number of benzene rings is 1. The molecule has 2 heterocycles. The molecule has 1 fully saturated rings. The van der Waals surface area contributed by atoms with Gasteiger partial charge in [0, 0.05) is 25.6 Å². The molecule has 1 N–H and O–H groups in total. The fourth-order valence-electron chi connectivity index (χ4n) is 4.51. The van der Waals surface area contributed by atoms with Gasteiger partial charge in [-0.05, 0) is 25.3 Å². The molecule has 2 aromatic rings. The van der Waals surface area contributed by atoms with Crippen molar-refractivity contribution in [3.05, 3.63) is 47.2 Å². The molecule has 1 aromatic heterocycles. The number of hydrogen-bond donors (Lipinski definition) is 1. The van der Waals surface area contributed by atoms with Gasteiger partial charge in [0.2, 0.25) is 0 Å². The summed E-state index contributed by atoms with van der Waals surface area (Å²) in [6.45, 7) is 1.94. The number of anilines is 1. The fourth-order valence-corrected chi connectivity index (χ4v) is 4.51. The van der Waals surface area contributed by atoms with Crippen LogP contribution < -0.4 is 5.32 Å². The van der Waals surface area contributed by atoms with E-state index in [2.05, 4.69) is 10.4 Å². The van der Waals surface area contributed by atoms with Crippen LogP contribution in [0, 0.1) is 6.92 Å². The number of nitrogens with zero attached hydrogens (tertiary/aromatic N) is 3. The van der Waals surface area contributed by atoms with Crippen LogP contribution in [0.1, 0.15) is 72.2 Å². The molecule has 1 aliphatic heterocycles. The van der Waals surface area contributed by atoms with E-state index in [1.807, 2.05) is 31.2 Å². The lowest BCUT2D eigenvalue weighted by molar-refractivity contribution is -0.173. The van der Waals surface area contributed by atoms with Gasteiger partial charge in [-0.3, -0.25) is 4.79 Å². The number of aryl methyl sites for hydroxylation is 1. The van der Waals surface area contributed by atoms with Crippen molar-refractivity contribution in [1.82, 2.24) is 14.7 Å². The van der Waals surface area contributed by atoms with Gasteiger partial charge in [-0.25, -0.2) is 4.68 Å². The first-order valence-electron chi connectivity index (χ1n) is 10.5. The lowest BCUT2D eigenvalue weighted by Gasteiger charge is -2.33. The predicted molar refractivity (Wildman–Crippen MR) is 108 cm³/mol. The van der Waals surface area contributed by atoms with Gasteiger partial charge in [0.15, 0.2) is 11.7 Å². The Morgan fingerprint density at radius 2 is 1.83 bits per heavy atom. The standard InChI is InChI=1S/C22H27F3N4O/c1-14-8-10-15(11-9-14)17-12-19(22(23,24)25)29-20(26-17)13-18(27-29)21(30)28(2)16-6-4-3-5-7-16/h8-11,13,16-17,19,26H,3-7,12H2,1-2H3/t17-,19+/m1/s1. The zero-order valence-corrected chi connectivity index (χ0v) is 17.2. The van der Waals surface area contributed by atoms with E-state index in [1.165, 1.54) is 6.07 Å². The number of aromatic nitrogens is 2. The average Bonchev–Trinajstić information content (AvgIpc) is 3.16. The highest BCUT2D eigenvalue weighted by molar-refractivity contribution is 5.93. The third-order valence-corrected chi connectivity index (χ3v) is 6.33. The first kappa shape index (κ1) is 20.8. The third-order valence-electron chi connectivity index (χ3n) is 6.33. The van der Waals surface area contributed by atoms with Crippen molar-refractivity contribution in [2.24, 2.45) is 0 Å². The average molecular weight is 420 g/mol. The Morgan fingerprint density at radius 1 is 1.17 bits per heavy atom. The Hall–Kier alpha value is -2.51. The van der Waals surface area contributed by atoms with Crippen molar-refractivity contribution in [1.29, 1.82) is 0 Å². The zero-order valence-electron chi connectivity index (χ0n) is 17.2. The van der Waals surface area contributed by atoms with Gasteiger partial charge in [-0.15, -0.1) is 0 Å². The van der Waals surface area contributed by atoms with Crippen LogP contribution in [-0.4, -0.2) is 39.9 Å². The van der Waals surface area contributed by atoms with Crippen molar-refractivity contribution in [3.8, 4) is 0 Å². The quantitative estimate of drug-likeness (QED) is 0.737. The summed E-state index contributed by atoms with van der Waals surface area (Å²) in [5.74, 6) is -0.0899. The number of halogens is 3. The Kier molecular flexibility index (Phi) is 5.51. The normalized spacial score (nSPS) is 22.3. The molecule has 8 heteroatoms. The minimum atomic E-state index is -4.46. The van der Waals surface area contributed by atoms with E-state index in [9.17, 15) is 18.0 Å². The van der Waals surface area contributed by atoms with Crippen LogP contribution >= 0.6 is 0 Å². The summed E-state index contributed by atoms with van der Waals surface area (Å²) in [6.07, 6.45) is 0.517. The summed E-state index contributed by atoms with van der Waals surface area (Å²) in [7, 11) is 1.72. The molecule has 2 aliphatic rings. The van der Waals surface area contributed by atoms with Crippen molar-refractivity contribution in [2.75, 3.05) is 12.4 Å².